The van der Waals surface area contributed by atoms with Crippen molar-refractivity contribution in [2.75, 3.05) is 0 Å². The molecule has 2 heterocycles. The molecule has 0 unspecified atom stereocenters. The second kappa shape index (κ2) is 16.1. The lowest BCUT2D eigenvalue weighted by Crippen LogP contribution is -2.38. The molecule has 1 aliphatic carbocycles. The van der Waals surface area contributed by atoms with Gasteiger partial charge in [0, 0.05) is 44.8 Å². The van der Waals surface area contributed by atoms with Gasteiger partial charge in [-0.1, -0.05) is 139 Å². The van der Waals surface area contributed by atoms with E-state index in [1.165, 1.54) is 0 Å². The number of aryl methyl sites for hydroxylation is 2. The number of aliphatic imine (C=N–C) groups is 2. The maximum atomic E-state index is 14.4. The number of alkyl halides is 6. The lowest BCUT2D eigenvalue weighted by molar-refractivity contribution is -0.0970. The van der Waals surface area contributed by atoms with E-state index >= 15 is 0 Å². The van der Waals surface area contributed by atoms with Crippen LogP contribution >= 0.6 is 0 Å². The van der Waals surface area contributed by atoms with Crippen LogP contribution in [0, 0.1) is 13.8 Å². The lowest BCUT2D eigenvalue weighted by atomic mass is 9.92. The highest BCUT2D eigenvalue weighted by atomic mass is 19.4. The average molecular weight is 869 g/mol. The van der Waals surface area contributed by atoms with E-state index in [-0.39, 0.29) is 22.7 Å². The number of nitrogens with zero attached hydrogens (tertiary/aromatic N) is 3. The first kappa shape index (κ1) is 41.3. The highest BCUT2D eigenvalue weighted by Gasteiger charge is 2.41. The molecule has 0 radical (unpaired) electrons. The fourth-order valence-corrected chi connectivity index (χ4v) is 8.68. The minimum atomic E-state index is -5.04. The molecule has 1 aromatic heterocycles. The van der Waals surface area contributed by atoms with Crippen molar-refractivity contribution < 1.29 is 26.3 Å². The number of hydrogen-bond donors (Lipinski definition) is 1. The van der Waals surface area contributed by atoms with Crippen molar-refractivity contribution in [3.63, 3.8) is 0 Å². The number of benzene rings is 7. The molecule has 7 aromatic carbocycles. The highest BCUT2D eigenvalue weighted by Crippen LogP contribution is 2.41. The van der Waals surface area contributed by atoms with Crippen molar-refractivity contribution in [2.24, 2.45) is 9.98 Å². The predicted molar refractivity (Wildman–Crippen MR) is 249 cm³/mol. The van der Waals surface area contributed by atoms with Gasteiger partial charge in [-0.25, -0.2) is 9.98 Å². The SMILES string of the molecule is Cc1cccc(-c2ccc3c(c2)c2cc(-c4cccc(C)c4)ccc2n3-c2ccc(=C3C=C(C(F)(F)F)C=C(C(F)(F)F)C3)c(=C3N=C(c4ccccc4)N=C(c4ccccc4)N3)c2)c1. The van der Waals surface area contributed by atoms with Gasteiger partial charge in [-0.2, -0.15) is 26.3 Å². The lowest BCUT2D eigenvalue weighted by Gasteiger charge is -2.21. The molecule has 8 aromatic rings. The van der Waals surface area contributed by atoms with Crippen molar-refractivity contribution in [1.82, 2.24) is 9.88 Å². The minimum absolute atomic E-state index is 0.155. The fraction of sp³-hybridized carbons (Fsp3) is 0.0909. The molecule has 0 atom stereocenters. The topological polar surface area (TPSA) is 41.7 Å². The largest absolute Gasteiger partial charge is 0.416 e. The van der Waals surface area contributed by atoms with E-state index in [0.29, 0.717) is 33.7 Å². The zero-order valence-corrected chi connectivity index (χ0v) is 35.1. The van der Waals surface area contributed by atoms with Gasteiger partial charge in [-0.05, 0) is 95.4 Å². The standard InChI is InChI=1S/C55H38F6N4/c1-33-11-9-17-37(25-33)39-19-23-49-46(29-39)47-30-40(38-18-10-12-34(2)26-38)20-24-50(47)65(49)44-21-22-45(41-27-42(54(56,57)58)31-43(28-41)55(59,60)61)48(32-44)53-63-51(35-13-5-3-6-14-35)62-52(64-53)36-15-7-4-8-16-36/h3-27,29-32H,28H2,1-2H3,(H,62,63,64). The molecule has 0 amide bonds. The molecule has 1 N–H and O–H groups in total. The fourth-order valence-electron chi connectivity index (χ4n) is 8.68. The van der Waals surface area contributed by atoms with Gasteiger partial charge in [0.1, 0.15) is 11.7 Å². The van der Waals surface area contributed by atoms with Gasteiger partial charge in [-0.3, -0.25) is 0 Å². The van der Waals surface area contributed by atoms with Crippen LogP contribution in [0.2, 0.25) is 0 Å². The molecule has 0 saturated heterocycles. The van der Waals surface area contributed by atoms with Crippen molar-refractivity contribution in [1.29, 1.82) is 0 Å². The number of amidine groups is 2. The van der Waals surface area contributed by atoms with E-state index < -0.39 is 29.9 Å². The molecular formula is C55H38F6N4. The summed E-state index contributed by atoms with van der Waals surface area (Å²) in [5.41, 5.74) is 7.24. The summed E-state index contributed by atoms with van der Waals surface area (Å²) >= 11 is 0. The second-order valence-corrected chi connectivity index (χ2v) is 16.3. The third-order valence-corrected chi connectivity index (χ3v) is 11.8. The minimum Gasteiger partial charge on any atom is -0.324 e. The number of aromatic nitrogens is 1. The molecule has 0 fully saturated rings. The summed E-state index contributed by atoms with van der Waals surface area (Å²) in [6.45, 7) is 4.10. The maximum absolute atomic E-state index is 14.4. The summed E-state index contributed by atoms with van der Waals surface area (Å²) in [7, 11) is 0. The van der Waals surface area contributed by atoms with Gasteiger partial charge in [-0.15, -0.1) is 0 Å². The Morgan fingerprint density at radius 3 is 1.60 bits per heavy atom. The number of nitrogens with one attached hydrogen (secondary N) is 1. The summed E-state index contributed by atoms with van der Waals surface area (Å²) in [6.07, 6.45) is -9.82. The zero-order valence-electron chi connectivity index (χ0n) is 35.1. The van der Waals surface area contributed by atoms with Crippen molar-refractivity contribution >= 4 is 44.9 Å². The molecule has 0 bridgehead atoms. The molecule has 0 spiro atoms. The van der Waals surface area contributed by atoms with Gasteiger partial charge < -0.3 is 9.88 Å². The van der Waals surface area contributed by atoms with Gasteiger partial charge >= 0.3 is 12.4 Å². The quantitative estimate of drug-likeness (QED) is 0.172. The summed E-state index contributed by atoms with van der Waals surface area (Å²) < 4.78 is 88.7. The van der Waals surface area contributed by atoms with E-state index in [4.69, 9.17) is 9.98 Å². The molecule has 65 heavy (non-hydrogen) atoms. The third-order valence-electron chi connectivity index (χ3n) is 11.8. The van der Waals surface area contributed by atoms with Gasteiger partial charge in [0.2, 0.25) is 0 Å². The van der Waals surface area contributed by atoms with Crippen LogP contribution in [0.1, 0.15) is 28.7 Å². The molecule has 0 saturated carbocycles. The molecule has 10 heteroatoms. The van der Waals surface area contributed by atoms with E-state index in [1.807, 2.05) is 72.8 Å². The molecule has 4 nitrogen and oxygen atoms in total. The van der Waals surface area contributed by atoms with Gasteiger partial charge in [0.15, 0.2) is 5.84 Å². The van der Waals surface area contributed by atoms with Crippen LogP contribution in [-0.4, -0.2) is 28.6 Å². The first-order chi connectivity index (χ1) is 31.3. The number of hydrogen-bond acceptors (Lipinski definition) is 3. The van der Waals surface area contributed by atoms with Crippen LogP contribution in [0.4, 0.5) is 26.3 Å². The van der Waals surface area contributed by atoms with E-state index in [1.54, 1.807) is 18.2 Å². The molecule has 2 aliphatic rings. The maximum Gasteiger partial charge on any atom is 0.416 e. The Bertz CT molecular complexity index is 3360. The first-order valence-corrected chi connectivity index (χ1v) is 21.0. The molecule has 320 valence electrons. The van der Waals surface area contributed by atoms with Crippen LogP contribution in [0.15, 0.2) is 197 Å². The normalized spacial score (nSPS) is 16.2. The van der Waals surface area contributed by atoms with Crippen molar-refractivity contribution in [2.45, 2.75) is 32.6 Å². The number of halogens is 6. The van der Waals surface area contributed by atoms with Crippen molar-refractivity contribution in [3.8, 4) is 27.9 Å². The third kappa shape index (κ3) is 8.08. The summed E-state index contributed by atoms with van der Waals surface area (Å²) in [5.74, 6) is 0.928. The molecule has 1 aliphatic heterocycles. The van der Waals surface area contributed by atoms with E-state index in [0.717, 1.165) is 61.3 Å². The Balaban J connectivity index is 1.29. The Kier molecular flexibility index (Phi) is 10.2. The molecular weight excluding hydrogens is 831 g/mol. The van der Waals surface area contributed by atoms with Crippen LogP contribution in [-0.2, 0) is 0 Å². The Morgan fingerprint density at radius 2 is 1.05 bits per heavy atom. The average Bonchev–Trinajstić information content (AvgIpc) is 3.64. The Morgan fingerprint density at radius 1 is 0.492 bits per heavy atom. The van der Waals surface area contributed by atoms with E-state index in [9.17, 15) is 26.3 Å². The van der Waals surface area contributed by atoms with Crippen LogP contribution in [0.5, 0.6) is 0 Å². The summed E-state index contributed by atoms with van der Waals surface area (Å²) in [5, 5.41) is 5.70. The smallest absolute Gasteiger partial charge is 0.324 e. The number of fused-ring (bicyclic) bond motifs is 3. The zero-order chi connectivity index (χ0) is 45.0. The van der Waals surface area contributed by atoms with E-state index in [2.05, 4.69) is 96.5 Å². The summed E-state index contributed by atoms with van der Waals surface area (Å²) in [4.78, 5) is 9.84. The number of rotatable bonds is 5. The second-order valence-electron chi connectivity index (χ2n) is 16.3. The van der Waals surface area contributed by atoms with Crippen LogP contribution < -0.4 is 15.8 Å². The molecule has 10 rings (SSSR count). The number of allylic oxidation sites excluding steroid dienone is 4. The van der Waals surface area contributed by atoms with Crippen LogP contribution in [0.3, 0.4) is 0 Å². The first-order valence-electron chi connectivity index (χ1n) is 21.0. The highest BCUT2D eigenvalue weighted by molar-refractivity contribution is 6.16. The summed E-state index contributed by atoms with van der Waals surface area (Å²) in [6, 6.07) is 52.8. The van der Waals surface area contributed by atoms with Gasteiger partial charge in [0.05, 0.1) is 16.6 Å². The monoisotopic (exact) mass is 868 g/mol. The Hall–Kier alpha value is -7.72. The van der Waals surface area contributed by atoms with Gasteiger partial charge in [0.25, 0.3) is 0 Å². The van der Waals surface area contributed by atoms with Crippen molar-refractivity contribution in [3.05, 3.63) is 220 Å². The van der Waals surface area contributed by atoms with Crippen LogP contribution in [0.25, 0.3) is 61.1 Å². The Labute approximate surface area is 370 Å². The predicted octanol–water partition coefficient (Wildman–Crippen LogP) is 12.8.